The molecular weight excluding hydrogens is 194 g/mol. The summed E-state index contributed by atoms with van der Waals surface area (Å²) < 4.78 is 5.34. The van der Waals surface area contributed by atoms with Gasteiger partial charge in [0.25, 0.3) is 5.17 Å². The Labute approximate surface area is 89.6 Å². The molecule has 0 heterocycles. The third kappa shape index (κ3) is 3.58. The van der Waals surface area contributed by atoms with E-state index in [2.05, 4.69) is 5.32 Å². The summed E-state index contributed by atoms with van der Waals surface area (Å²) in [4.78, 5) is 0. The molecule has 0 spiro atoms. The van der Waals surface area contributed by atoms with Crippen LogP contribution in [0.15, 0.2) is 36.5 Å². The lowest BCUT2D eigenvalue weighted by molar-refractivity contribution is 0.545. The van der Waals surface area contributed by atoms with Crippen LogP contribution >= 0.6 is 12.2 Å². The Morgan fingerprint density at radius 1 is 1.36 bits per heavy atom. The Balaban J connectivity index is 2.52. The van der Waals surface area contributed by atoms with Gasteiger partial charge in [-0.1, -0.05) is 23.8 Å². The number of hydrogen-bond acceptors (Lipinski definition) is 2. The van der Waals surface area contributed by atoms with E-state index in [4.69, 9.17) is 17.0 Å². The van der Waals surface area contributed by atoms with Gasteiger partial charge in [0.2, 0.25) is 0 Å². The lowest BCUT2D eigenvalue weighted by atomic mass is 10.2. The van der Waals surface area contributed by atoms with Gasteiger partial charge in [-0.3, -0.25) is 0 Å². The van der Waals surface area contributed by atoms with Crippen molar-refractivity contribution in [3.63, 3.8) is 0 Å². The molecule has 0 radical (unpaired) electrons. The number of thiocarbonyl (C=S) groups is 1. The molecule has 0 fully saturated rings. The van der Waals surface area contributed by atoms with Crippen LogP contribution in [0.3, 0.4) is 0 Å². The molecule has 0 saturated carbocycles. The highest BCUT2D eigenvalue weighted by molar-refractivity contribution is 7.80. The molecule has 14 heavy (non-hydrogen) atoms. The van der Waals surface area contributed by atoms with Gasteiger partial charge in [-0.15, -0.1) is 0 Å². The largest absolute Gasteiger partial charge is 0.432 e. The molecule has 74 valence electrons. The van der Waals surface area contributed by atoms with Crippen molar-refractivity contribution in [1.29, 1.82) is 0 Å². The third-order valence-electron chi connectivity index (χ3n) is 1.60. The van der Waals surface area contributed by atoms with Crippen molar-refractivity contribution in [2.75, 3.05) is 0 Å². The minimum Gasteiger partial charge on any atom is -0.432 e. The third-order valence-corrected chi connectivity index (χ3v) is 1.80. The number of ether oxygens (including phenoxy) is 1. The van der Waals surface area contributed by atoms with Crippen LogP contribution in [0.4, 0.5) is 0 Å². The van der Waals surface area contributed by atoms with Crippen LogP contribution < -0.4 is 10.1 Å². The van der Waals surface area contributed by atoms with Gasteiger partial charge < -0.3 is 10.1 Å². The van der Waals surface area contributed by atoms with E-state index in [0.717, 1.165) is 5.75 Å². The van der Waals surface area contributed by atoms with Crippen molar-refractivity contribution in [2.45, 2.75) is 13.8 Å². The van der Waals surface area contributed by atoms with E-state index in [-0.39, 0.29) is 0 Å². The van der Waals surface area contributed by atoms with Crippen LogP contribution in [0, 0.1) is 6.92 Å². The zero-order chi connectivity index (χ0) is 10.4. The first-order chi connectivity index (χ1) is 6.72. The van der Waals surface area contributed by atoms with E-state index in [0.29, 0.717) is 5.17 Å². The fourth-order valence-corrected chi connectivity index (χ4v) is 1.06. The normalized spacial score (nSPS) is 10.1. The van der Waals surface area contributed by atoms with Crippen molar-refractivity contribution in [3.05, 3.63) is 42.1 Å². The van der Waals surface area contributed by atoms with E-state index in [1.807, 2.05) is 44.2 Å². The number of rotatable bonds is 2. The number of benzene rings is 1. The Morgan fingerprint density at radius 3 is 2.57 bits per heavy atom. The lowest BCUT2D eigenvalue weighted by Crippen LogP contribution is -2.20. The van der Waals surface area contributed by atoms with Gasteiger partial charge in [-0.2, -0.15) is 0 Å². The molecule has 0 atom stereocenters. The maximum absolute atomic E-state index is 5.34. The fourth-order valence-electron chi connectivity index (χ4n) is 0.894. The minimum absolute atomic E-state index is 0.354. The summed E-state index contributed by atoms with van der Waals surface area (Å²) in [5, 5.41) is 3.18. The van der Waals surface area contributed by atoms with Gasteiger partial charge in [0.15, 0.2) is 0 Å². The first-order valence-electron chi connectivity index (χ1n) is 4.38. The van der Waals surface area contributed by atoms with Crippen LogP contribution in [0.25, 0.3) is 0 Å². The second-order valence-electron chi connectivity index (χ2n) is 2.85. The summed E-state index contributed by atoms with van der Waals surface area (Å²) in [5.41, 5.74) is 1.20. The number of allylic oxidation sites excluding steroid dienone is 1. The molecule has 0 unspecified atom stereocenters. The molecule has 2 nitrogen and oxygen atoms in total. The Hall–Kier alpha value is -1.35. The molecule has 0 aliphatic heterocycles. The smallest absolute Gasteiger partial charge is 0.266 e. The predicted octanol–water partition coefficient (Wildman–Crippen LogP) is 2.78. The van der Waals surface area contributed by atoms with E-state index >= 15 is 0 Å². The summed E-state index contributed by atoms with van der Waals surface area (Å²) >= 11 is 4.95. The van der Waals surface area contributed by atoms with Crippen LogP contribution in [-0.4, -0.2) is 5.17 Å². The first kappa shape index (κ1) is 10.7. The number of hydrogen-bond donors (Lipinski definition) is 1. The van der Waals surface area contributed by atoms with Crippen molar-refractivity contribution < 1.29 is 4.74 Å². The van der Waals surface area contributed by atoms with Crippen molar-refractivity contribution in [1.82, 2.24) is 5.32 Å². The highest BCUT2D eigenvalue weighted by Gasteiger charge is 1.96. The molecule has 1 aromatic carbocycles. The quantitative estimate of drug-likeness (QED) is 0.753. The van der Waals surface area contributed by atoms with Gasteiger partial charge in [-0.05, 0) is 38.2 Å². The monoisotopic (exact) mass is 207 g/mol. The van der Waals surface area contributed by atoms with Gasteiger partial charge in [0, 0.05) is 6.20 Å². The molecule has 0 bridgehead atoms. The number of nitrogens with one attached hydrogen (secondary N) is 1. The molecule has 1 aromatic rings. The molecule has 0 aromatic heterocycles. The second kappa shape index (κ2) is 5.40. The molecule has 3 heteroatoms. The van der Waals surface area contributed by atoms with E-state index in [1.165, 1.54) is 5.56 Å². The minimum atomic E-state index is 0.354. The summed E-state index contributed by atoms with van der Waals surface area (Å²) in [6, 6.07) is 7.74. The summed E-state index contributed by atoms with van der Waals surface area (Å²) in [6.45, 7) is 3.93. The summed E-state index contributed by atoms with van der Waals surface area (Å²) in [5.74, 6) is 0.748. The average molecular weight is 207 g/mol. The van der Waals surface area contributed by atoms with Gasteiger partial charge in [-0.25, -0.2) is 0 Å². The van der Waals surface area contributed by atoms with Crippen molar-refractivity contribution in [2.24, 2.45) is 0 Å². The average Bonchev–Trinajstić information content (AvgIpc) is 2.18. The van der Waals surface area contributed by atoms with Crippen molar-refractivity contribution >= 4 is 17.4 Å². The highest BCUT2D eigenvalue weighted by Crippen LogP contribution is 2.11. The second-order valence-corrected chi connectivity index (χ2v) is 3.22. The SMILES string of the molecule is C/C=C/NC(=S)Oc1ccc(C)cc1. The lowest BCUT2D eigenvalue weighted by Gasteiger charge is -2.05. The van der Waals surface area contributed by atoms with Gasteiger partial charge >= 0.3 is 0 Å². The van der Waals surface area contributed by atoms with Crippen LogP contribution in [-0.2, 0) is 0 Å². The molecule has 1 N–H and O–H groups in total. The van der Waals surface area contributed by atoms with Crippen LogP contribution in [0.1, 0.15) is 12.5 Å². The van der Waals surface area contributed by atoms with Crippen molar-refractivity contribution in [3.8, 4) is 5.75 Å². The predicted molar refractivity (Wildman–Crippen MR) is 62.4 cm³/mol. The first-order valence-corrected chi connectivity index (χ1v) is 4.79. The number of aryl methyl sites for hydroxylation is 1. The Morgan fingerprint density at radius 2 is 2.00 bits per heavy atom. The molecule has 0 aliphatic carbocycles. The van der Waals surface area contributed by atoms with E-state index < -0.39 is 0 Å². The maximum atomic E-state index is 5.34. The highest BCUT2D eigenvalue weighted by atomic mass is 32.1. The van der Waals surface area contributed by atoms with E-state index in [1.54, 1.807) is 6.20 Å². The summed E-state index contributed by atoms with van der Waals surface area (Å²) in [6.07, 6.45) is 3.58. The summed E-state index contributed by atoms with van der Waals surface area (Å²) in [7, 11) is 0. The topological polar surface area (TPSA) is 21.3 Å². The van der Waals surface area contributed by atoms with Crippen LogP contribution in [0.5, 0.6) is 5.75 Å². The van der Waals surface area contributed by atoms with Crippen LogP contribution in [0.2, 0.25) is 0 Å². The van der Waals surface area contributed by atoms with Gasteiger partial charge in [0.1, 0.15) is 5.75 Å². The Kier molecular flexibility index (Phi) is 4.13. The van der Waals surface area contributed by atoms with E-state index in [9.17, 15) is 0 Å². The zero-order valence-corrected chi connectivity index (χ0v) is 9.10. The fraction of sp³-hybridized carbons (Fsp3) is 0.182. The Bertz CT molecular complexity index is 330. The standard InChI is InChI=1S/C11H13NOS/c1-3-8-12-11(14)13-10-6-4-9(2)5-7-10/h3-8H,1-2H3,(H,12,14)/b8-3+. The zero-order valence-electron chi connectivity index (χ0n) is 8.28. The maximum Gasteiger partial charge on any atom is 0.266 e. The molecular formula is C11H13NOS. The van der Waals surface area contributed by atoms with Gasteiger partial charge in [0.05, 0.1) is 0 Å². The molecule has 0 saturated heterocycles. The molecule has 0 aliphatic rings. The molecule has 0 amide bonds. The molecule has 1 rings (SSSR count).